The van der Waals surface area contributed by atoms with Crippen LogP contribution in [0.4, 0.5) is 0 Å². The molecule has 50 heavy (non-hydrogen) atoms. The zero-order valence-electron chi connectivity index (χ0n) is 29.7. The maximum Gasteiger partial charge on any atom is 0.245 e. The van der Waals surface area contributed by atoms with Gasteiger partial charge < -0.3 is 20.4 Å². The number of rotatable bonds is 19. The molecular formula is C38H48N6O4S2. The van der Waals surface area contributed by atoms with Crippen molar-refractivity contribution in [2.24, 2.45) is 11.8 Å². The van der Waals surface area contributed by atoms with E-state index in [9.17, 15) is 19.2 Å². The summed E-state index contributed by atoms with van der Waals surface area (Å²) >= 11 is 3.14. The number of nitrogens with one attached hydrogen (secondary N) is 2. The molecule has 0 saturated heterocycles. The number of nitrogens with zero attached hydrogens (tertiary/aromatic N) is 4. The van der Waals surface area contributed by atoms with Gasteiger partial charge >= 0.3 is 0 Å². The standard InChI is InChI=1S/C38H48N6O4S2/c1-7-17-43(37(47)35(25(3)4)41-23-45)21-33-39-19-31(49-33)29-13-9-27(10-14-29)28-11-15-30(16-12-28)32-20-40-34(50-32)22-44(18-8-2)38(48)36(26(5)6)42-24-46/h9-16,19-20,23-26,35-36H,7-8,17-18,21-22H2,1-6H3,(H,41,45)(H,42,46)/t35-,36-/m0/s1. The third kappa shape index (κ3) is 9.85. The summed E-state index contributed by atoms with van der Waals surface area (Å²) in [6.45, 7) is 13.7. The molecule has 0 unspecified atom stereocenters. The van der Waals surface area contributed by atoms with Crippen LogP contribution in [-0.4, -0.2) is 69.6 Å². The molecule has 2 N–H and O–H groups in total. The molecule has 4 aromatic rings. The number of carbonyl (C=O) groups is 4. The second-order valence-electron chi connectivity index (χ2n) is 12.9. The topological polar surface area (TPSA) is 125 Å². The molecule has 266 valence electrons. The first-order chi connectivity index (χ1) is 24.1. The Kier molecular flexibility index (Phi) is 14.2. The third-order valence-electron chi connectivity index (χ3n) is 8.40. The first kappa shape index (κ1) is 38.4. The lowest BCUT2D eigenvalue weighted by Gasteiger charge is -2.28. The summed E-state index contributed by atoms with van der Waals surface area (Å²) in [7, 11) is 0. The normalized spacial score (nSPS) is 12.4. The highest BCUT2D eigenvalue weighted by Crippen LogP contribution is 2.32. The molecule has 12 heteroatoms. The van der Waals surface area contributed by atoms with Crippen molar-refractivity contribution in [3.8, 4) is 32.0 Å². The fourth-order valence-corrected chi connectivity index (χ4v) is 7.60. The molecule has 0 radical (unpaired) electrons. The van der Waals surface area contributed by atoms with Crippen molar-refractivity contribution in [2.75, 3.05) is 13.1 Å². The van der Waals surface area contributed by atoms with Gasteiger partial charge in [0.05, 0.1) is 22.8 Å². The van der Waals surface area contributed by atoms with Gasteiger partial charge in [0.2, 0.25) is 24.6 Å². The molecule has 4 amide bonds. The molecule has 0 aliphatic rings. The smallest absolute Gasteiger partial charge is 0.245 e. The molecule has 2 heterocycles. The van der Waals surface area contributed by atoms with Gasteiger partial charge in [-0.05, 0) is 46.9 Å². The molecule has 0 aliphatic heterocycles. The van der Waals surface area contributed by atoms with Crippen LogP contribution < -0.4 is 10.6 Å². The van der Waals surface area contributed by atoms with E-state index in [1.165, 1.54) is 0 Å². The van der Waals surface area contributed by atoms with Gasteiger partial charge in [0.1, 0.15) is 22.1 Å². The Balaban J connectivity index is 1.41. The van der Waals surface area contributed by atoms with Crippen molar-refractivity contribution in [1.29, 1.82) is 0 Å². The van der Waals surface area contributed by atoms with E-state index < -0.39 is 12.1 Å². The maximum absolute atomic E-state index is 13.2. The van der Waals surface area contributed by atoms with Crippen molar-refractivity contribution in [1.82, 2.24) is 30.4 Å². The summed E-state index contributed by atoms with van der Waals surface area (Å²) in [6, 6.07) is 15.6. The second-order valence-corrected chi connectivity index (χ2v) is 15.2. The molecule has 0 fully saturated rings. The van der Waals surface area contributed by atoms with Crippen LogP contribution in [0.1, 0.15) is 64.4 Å². The molecule has 2 aromatic carbocycles. The number of thiazole rings is 2. The molecule has 0 spiro atoms. The van der Waals surface area contributed by atoms with Gasteiger partial charge in [-0.15, -0.1) is 22.7 Å². The van der Waals surface area contributed by atoms with E-state index in [2.05, 4.69) is 69.1 Å². The summed E-state index contributed by atoms with van der Waals surface area (Å²) in [4.78, 5) is 63.5. The van der Waals surface area contributed by atoms with Crippen molar-refractivity contribution in [3.05, 3.63) is 70.9 Å². The van der Waals surface area contributed by atoms with Crippen molar-refractivity contribution >= 4 is 47.3 Å². The third-order valence-corrected chi connectivity index (χ3v) is 10.5. The van der Waals surface area contributed by atoms with Crippen LogP contribution in [0.5, 0.6) is 0 Å². The largest absolute Gasteiger partial charge is 0.347 e. The van der Waals surface area contributed by atoms with E-state index in [0.717, 1.165) is 54.9 Å². The number of aromatic nitrogens is 2. The summed E-state index contributed by atoms with van der Waals surface area (Å²) in [5.74, 6) is -0.216. The highest BCUT2D eigenvalue weighted by Gasteiger charge is 2.28. The minimum Gasteiger partial charge on any atom is -0.347 e. The quantitative estimate of drug-likeness (QED) is 0.105. The van der Waals surface area contributed by atoms with E-state index >= 15 is 0 Å². The average Bonchev–Trinajstić information content (AvgIpc) is 3.78. The van der Waals surface area contributed by atoms with Crippen LogP contribution in [0.3, 0.4) is 0 Å². The van der Waals surface area contributed by atoms with Crippen molar-refractivity contribution in [2.45, 2.75) is 79.6 Å². The Labute approximate surface area is 303 Å². The van der Waals surface area contributed by atoms with Crippen LogP contribution in [0.25, 0.3) is 32.0 Å². The number of hydrogen-bond acceptors (Lipinski definition) is 8. The zero-order chi connectivity index (χ0) is 36.2. The molecule has 2 aromatic heterocycles. The lowest BCUT2D eigenvalue weighted by atomic mass is 10.0. The van der Waals surface area contributed by atoms with Gasteiger partial charge in [-0.25, -0.2) is 9.97 Å². The summed E-state index contributed by atoms with van der Waals surface area (Å²) in [5, 5.41) is 7.05. The first-order valence-electron chi connectivity index (χ1n) is 17.2. The number of hydrogen-bond donors (Lipinski definition) is 2. The van der Waals surface area contributed by atoms with Crippen LogP contribution in [-0.2, 0) is 32.3 Å². The van der Waals surface area contributed by atoms with Crippen LogP contribution in [0.2, 0.25) is 0 Å². The first-order valence-corrected chi connectivity index (χ1v) is 18.8. The fourth-order valence-electron chi connectivity index (χ4n) is 5.73. The second kappa shape index (κ2) is 18.5. The van der Waals surface area contributed by atoms with E-state index in [0.29, 0.717) is 39.0 Å². The lowest BCUT2D eigenvalue weighted by Crippen LogP contribution is -2.48. The Morgan fingerprint density at radius 3 is 1.28 bits per heavy atom. The summed E-state index contributed by atoms with van der Waals surface area (Å²) < 4.78 is 0. The minimum atomic E-state index is -0.561. The number of benzene rings is 2. The number of carbonyl (C=O) groups excluding carboxylic acids is 4. The monoisotopic (exact) mass is 716 g/mol. The summed E-state index contributed by atoms with van der Waals surface area (Å²) in [5.41, 5.74) is 4.29. The zero-order valence-corrected chi connectivity index (χ0v) is 31.4. The Bertz CT molecular complexity index is 1570. The Morgan fingerprint density at radius 1 is 0.640 bits per heavy atom. The maximum atomic E-state index is 13.2. The molecular weight excluding hydrogens is 669 g/mol. The van der Waals surface area contributed by atoms with Crippen LogP contribution >= 0.6 is 22.7 Å². The fraction of sp³-hybridized carbons (Fsp3) is 0.421. The highest BCUT2D eigenvalue weighted by atomic mass is 32.1. The Morgan fingerprint density at radius 2 is 0.980 bits per heavy atom. The molecule has 0 bridgehead atoms. The van der Waals surface area contributed by atoms with E-state index in [1.54, 1.807) is 32.5 Å². The predicted molar refractivity (Wildman–Crippen MR) is 201 cm³/mol. The highest BCUT2D eigenvalue weighted by molar-refractivity contribution is 7.15. The molecule has 10 nitrogen and oxygen atoms in total. The van der Waals surface area contributed by atoms with E-state index in [-0.39, 0.29) is 23.7 Å². The molecule has 0 aliphatic carbocycles. The van der Waals surface area contributed by atoms with Crippen LogP contribution in [0, 0.1) is 11.8 Å². The van der Waals surface area contributed by atoms with Gasteiger partial charge in [0.15, 0.2) is 0 Å². The van der Waals surface area contributed by atoms with Gasteiger partial charge in [0.25, 0.3) is 0 Å². The van der Waals surface area contributed by atoms with Gasteiger partial charge in [0, 0.05) is 25.5 Å². The molecule has 2 atom stereocenters. The lowest BCUT2D eigenvalue weighted by molar-refractivity contribution is -0.137. The van der Waals surface area contributed by atoms with E-state index in [1.807, 2.05) is 53.9 Å². The number of amides is 4. The molecule has 0 saturated carbocycles. The van der Waals surface area contributed by atoms with Crippen LogP contribution in [0.15, 0.2) is 60.9 Å². The van der Waals surface area contributed by atoms with Gasteiger partial charge in [-0.1, -0.05) is 90.1 Å². The van der Waals surface area contributed by atoms with Gasteiger partial charge in [-0.2, -0.15) is 0 Å². The predicted octanol–water partition coefficient (Wildman–Crippen LogP) is 6.62. The van der Waals surface area contributed by atoms with Crippen molar-refractivity contribution in [3.63, 3.8) is 0 Å². The molecule has 4 rings (SSSR count). The SMILES string of the molecule is CCCN(Cc1ncc(-c2ccc(-c3ccc(-c4cnc(CN(CCC)C(=O)[C@@H](NC=O)C(C)C)s4)cc3)cc2)s1)C(=O)[C@@H](NC=O)C(C)C. The summed E-state index contributed by atoms with van der Waals surface area (Å²) in [6.07, 6.45) is 6.52. The van der Waals surface area contributed by atoms with Crippen molar-refractivity contribution < 1.29 is 19.2 Å². The van der Waals surface area contributed by atoms with Gasteiger partial charge in [-0.3, -0.25) is 19.2 Å². The van der Waals surface area contributed by atoms with E-state index in [4.69, 9.17) is 0 Å². The Hall–Kier alpha value is -4.42. The average molecular weight is 717 g/mol. The minimum absolute atomic E-state index is 0.0173.